The number of aryl methyl sites for hydroxylation is 1. The molecule has 0 fully saturated rings. The topological polar surface area (TPSA) is 60.5 Å². The third-order valence-electron chi connectivity index (χ3n) is 3.23. The number of amides is 1. The molecule has 0 aliphatic carbocycles. The minimum absolute atomic E-state index is 0.176. The highest BCUT2D eigenvalue weighted by atomic mass is 19.1. The molecule has 1 aromatic carbocycles. The number of halogens is 1. The third kappa shape index (κ3) is 3.16. The maximum atomic E-state index is 13.6. The Morgan fingerprint density at radius 2 is 2.14 bits per heavy atom. The molecule has 0 saturated heterocycles. The van der Waals surface area contributed by atoms with Gasteiger partial charge in [0.05, 0.1) is 12.8 Å². The number of hydrogen-bond donors (Lipinski definition) is 1. The molecule has 0 aliphatic heterocycles. The first kappa shape index (κ1) is 14.9. The fourth-order valence-electron chi connectivity index (χ4n) is 2.15. The Labute approximate surface area is 122 Å². The molecule has 0 bridgehead atoms. The molecule has 1 aromatic heterocycles. The quantitative estimate of drug-likeness (QED) is 0.937. The lowest BCUT2D eigenvalue weighted by Crippen LogP contribution is -2.27. The van der Waals surface area contributed by atoms with Crippen molar-refractivity contribution in [3.63, 3.8) is 0 Å². The van der Waals surface area contributed by atoms with Crippen LogP contribution < -0.4 is 10.5 Å². The van der Waals surface area contributed by atoms with E-state index in [9.17, 15) is 9.18 Å². The van der Waals surface area contributed by atoms with E-state index in [4.69, 9.17) is 10.5 Å². The number of nitrogens with zero attached hydrogens (tertiary/aromatic N) is 2. The van der Waals surface area contributed by atoms with Crippen molar-refractivity contribution in [2.75, 3.05) is 19.9 Å². The smallest absolute Gasteiger partial charge is 0.270 e. The van der Waals surface area contributed by atoms with Gasteiger partial charge in [0, 0.05) is 26.8 Å². The van der Waals surface area contributed by atoms with E-state index in [1.807, 2.05) is 0 Å². The van der Waals surface area contributed by atoms with Crippen LogP contribution in [0.1, 0.15) is 16.1 Å². The predicted molar refractivity (Wildman–Crippen MR) is 78.6 cm³/mol. The van der Waals surface area contributed by atoms with Gasteiger partial charge in [0.2, 0.25) is 0 Å². The van der Waals surface area contributed by atoms with Crippen LogP contribution in [0.4, 0.5) is 10.1 Å². The molecule has 0 unspecified atom stereocenters. The second kappa shape index (κ2) is 5.87. The summed E-state index contributed by atoms with van der Waals surface area (Å²) < 4.78 is 20.2. The van der Waals surface area contributed by atoms with Gasteiger partial charge >= 0.3 is 0 Å². The second-order valence-corrected chi connectivity index (χ2v) is 4.90. The Bertz CT molecular complexity index is 667. The highest BCUT2D eigenvalue weighted by Crippen LogP contribution is 2.19. The van der Waals surface area contributed by atoms with E-state index in [1.165, 1.54) is 18.1 Å². The molecular formula is C15H18FN3O2. The molecule has 1 amide bonds. The highest BCUT2D eigenvalue weighted by Gasteiger charge is 2.16. The van der Waals surface area contributed by atoms with Crippen molar-refractivity contribution in [1.82, 2.24) is 9.47 Å². The van der Waals surface area contributed by atoms with Gasteiger partial charge < -0.3 is 19.9 Å². The van der Waals surface area contributed by atoms with Crippen molar-refractivity contribution in [3.05, 3.63) is 47.5 Å². The number of rotatable bonds is 4. The Morgan fingerprint density at radius 1 is 1.43 bits per heavy atom. The zero-order valence-electron chi connectivity index (χ0n) is 12.3. The summed E-state index contributed by atoms with van der Waals surface area (Å²) in [6.07, 6.45) is 1.67. The number of benzene rings is 1. The highest BCUT2D eigenvalue weighted by molar-refractivity contribution is 5.93. The SMILES string of the molecule is COc1ccc(CN(C)C(=O)c2cc(N)cn2C)cc1F. The molecule has 0 saturated carbocycles. The van der Waals surface area contributed by atoms with Crippen molar-refractivity contribution >= 4 is 11.6 Å². The summed E-state index contributed by atoms with van der Waals surface area (Å²) in [7, 11) is 4.83. The number of nitrogen functional groups attached to an aromatic ring is 1. The van der Waals surface area contributed by atoms with E-state index < -0.39 is 5.82 Å². The standard InChI is InChI=1S/C15H18FN3O2/c1-18-9-11(17)7-13(18)15(20)19(2)8-10-4-5-14(21-3)12(16)6-10/h4-7,9H,8,17H2,1-3H3. The van der Waals surface area contributed by atoms with Crippen LogP contribution in [0.15, 0.2) is 30.5 Å². The van der Waals surface area contributed by atoms with Crippen molar-refractivity contribution in [2.45, 2.75) is 6.54 Å². The molecule has 0 aliphatic rings. The van der Waals surface area contributed by atoms with Crippen molar-refractivity contribution in [3.8, 4) is 5.75 Å². The molecule has 2 N–H and O–H groups in total. The normalized spacial score (nSPS) is 10.5. The van der Waals surface area contributed by atoms with Crippen LogP contribution in [-0.4, -0.2) is 29.5 Å². The molecular weight excluding hydrogens is 273 g/mol. The van der Waals surface area contributed by atoms with E-state index >= 15 is 0 Å². The Morgan fingerprint density at radius 3 is 2.67 bits per heavy atom. The molecule has 2 aromatic rings. The Kier molecular flexibility index (Phi) is 4.16. The van der Waals surface area contributed by atoms with Crippen LogP contribution in [-0.2, 0) is 13.6 Å². The first-order chi connectivity index (χ1) is 9.92. The summed E-state index contributed by atoms with van der Waals surface area (Å²) in [6.45, 7) is 0.296. The van der Waals surface area contributed by atoms with E-state index in [0.717, 1.165) is 0 Å². The lowest BCUT2D eigenvalue weighted by molar-refractivity contribution is 0.0775. The van der Waals surface area contributed by atoms with Gasteiger partial charge in [-0.2, -0.15) is 0 Å². The summed E-state index contributed by atoms with van der Waals surface area (Å²) in [4.78, 5) is 13.8. The summed E-state index contributed by atoms with van der Waals surface area (Å²) in [5, 5.41) is 0. The molecule has 1 heterocycles. The third-order valence-corrected chi connectivity index (χ3v) is 3.23. The molecule has 112 valence electrons. The van der Waals surface area contributed by atoms with Gasteiger partial charge in [-0.25, -0.2) is 4.39 Å². The number of nitrogens with two attached hydrogens (primary N) is 1. The fraction of sp³-hybridized carbons (Fsp3) is 0.267. The van der Waals surface area contributed by atoms with Gasteiger partial charge in [0.25, 0.3) is 5.91 Å². The van der Waals surface area contributed by atoms with Gasteiger partial charge in [-0.1, -0.05) is 6.07 Å². The van der Waals surface area contributed by atoms with Crippen LogP contribution in [0.3, 0.4) is 0 Å². The van der Waals surface area contributed by atoms with Crippen molar-refractivity contribution in [2.24, 2.45) is 7.05 Å². The molecule has 6 heteroatoms. The first-order valence-electron chi connectivity index (χ1n) is 6.42. The number of hydrogen-bond acceptors (Lipinski definition) is 3. The zero-order valence-corrected chi connectivity index (χ0v) is 12.3. The summed E-state index contributed by atoms with van der Waals surface area (Å²) in [5.41, 5.74) is 7.38. The second-order valence-electron chi connectivity index (χ2n) is 4.90. The van der Waals surface area contributed by atoms with Gasteiger partial charge in [-0.05, 0) is 23.8 Å². The molecule has 0 atom stereocenters. The molecule has 21 heavy (non-hydrogen) atoms. The lowest BCUT2D eigenvalue weighted by atomic mass is 10.2. The number of aromatic nitrogens is 1. The Balaban J connectivity index is 2.14. The predicted octanol–water partition coefficient (Wildman–Crippen LogP) is 2.03. The number of carbonyl (C=O) groups is 1. The van der Waals surface area contributed by atoms with Crippen LogP contribution in [0.25, 0.3) is 0 Å². The van der Waals surface area contributed by atoms with Crippen LogP contribution >= 0.6 is 0 Å². The number of anilines is 1. The number of carbonyl (C=O) groups excluding carboxylic acids is 1. The first-order valence-corrected chi connectivity index (χ1v) is 6.42. The average molecular weight is 291 g/mol. The van der Waals surface area contributed by atoms with Crippen LogP contribution in [0.5, 0.6) is 5.75 Å². The monoisotopic (exact) mass is 291 g/mol. The number of ether oxygens (including phenoxy) is 1. The number of methoxy groups -OCH3 is 1. The maximum Gasteiger partial charge on any atom is 0.270 e. The van der Waals surface area contributed by atoms with Crippen LogP contribution in [0, 0.1) is 5.82 Å². The summed E-state index contributed by atoms with van der Waals surface area (Å²) in [6, 6.07) is 6.25. The van der Waals surface area contributed by atoms with Gasteiger partial charge in [0.1, 0.15) is 5.69 Å². The molecule has 0 radical (unpaired) electrons. The van der Waals surface area contributed by atoms with Crippen LogP contribution in [0.2, 0.25) is 0 Å². The summed E-state index contributed by atoms with van der Waals surface area (Å²) >= 11 is 0. The van der Waals surface area contributed by atoms with E-state index in [0.29, 0.717) is 23.5 Å². The zero-order chi connectivity index (χ0) is 15.6. The van der Waals surface area contributed by atoms with Gasteiger partial charge in [0.15, 0.2) is 11.6 Å². The Hall–Kier alpha value is -2.50. The van der Waals surface area contributed by atoms with E-state index in [1.54, 1.807) is 43.1 Å². The summed E-state index contributed by atoms with van der Waals surface area (Å²) in [5.74, 6) is -0.438. The molecule has 0 spiro atoms. The minimum Gasteiger partial charge on any atom is -0.494 e. The molecule has 2 rings (SSSR count). The maximum absolute atomic E-state index is 13.6. The van der Waals surface area contributed by atoms with Gasteiger partial charge in [-0.3, -0.25) is 4.79 Å². The fourth-order valence-corrected chi connectivity index (χ4v) is 2.15. The lowest BCUT2D eigenvalue weighted by Gasteiger charge is -2.18. The molecule has 5 nitrogen and oxygen atoms in total. The minimum atomic E-state index is -0.445. The van der Waals surface area contributed by atoms with E-state index in [2.05, 4.69) is 0 Å². The van der Waals surface area contributed by atoms with Crippen molar-refractivity contribution in [1.29, 1.82) is 0 Å². The van der Waals surface area contributed by atoms with Crippen molar-refractivity contribution < 1.29 is 13.9 Å². The van der Waals surface area contributed by atoms with E-state index in [-0.39, 0.29) is 11.7 Å². The van der Waals surface area contributed by atoms with Gasteiger partial charge in [-0.15, -0.1) is 0 Å². The largest absolute Gasteiger partial charge is 0.494 e. The average Bonchev–Trinajstić information content (AvgIpc) is 2.77.